The number of ether oxygens (including phenoxy) is 2. The van der Waals surface area contributed by atoms with Crippen LogP contribution in [0.4, 0.5) is 13.2 Å². The average Bonchev–Trinajstić information content (AvgIpc) is 2.59. The van der Waals surface area contributed by atoms with Gasteiger partial charge in [0.05, 0.1) is 12.7 Å². The van der Waals surface area contributed by atoms with Crippen LogP contribution in [-0.2, 0) is 10.4 Å². The molecule has 0 aliphatic carbocycles. The number of aliphatic carboxylic acids is 1. The fourth-order valence-corrected chi connectivity index (χ4v) is 2.94. The van der Waals surface area contributed by atoms with Crippen LogP contribution in [0.25, 0.3) is 6.08 Å². The van der Waals surface area contributed by atoms with Crippen molar-refractivity contribution in [1.29, 1.82) is 0 Å². The highest BCUT2D eigenvalue weighted by molar-refractivity contribution is 6.30. The van der Waals surface area contributed by atoms with E-state index in [4.69, 9.17) is 21.1 Å². The number of fused-ring (bicyclic) bond motifs is 1. The van der Waals surface area contributed by atoms with Gasteiger partial charge in [-0.15, -0.1) is 0 Å². The zero-order chi connectivity index (χ0) is 19.1. The predicted molar refractivity (Wildman–Crippen MR) is 88.4 cm³/mol. The Kier molecular flexibility index (Phi) is 4.36. The first kappa shape index (κ1) is 18.1. The lowest BCUT2D eigenvalue weighted by atomic mass is 9.82. The maximum Gasteiger partial charge on any atom is 0.437 e. The van der Waals surface area contributed by atoms with Crippen LogP contribution in [0, 0.1) is 0 Å². The molecule has 1 atom stereocenters. The van der Waals surface area contributed by atoms with Gasteiger partial charge in [-0.05, 0) is 30.3 Å². The molecule has 1 aliphatic heterocycles. The number of rotatable bonds is 3. The molecule has 2 aromatic rings. The zero-order valence-electron chi connectivity index (χ0n) is 13.3. The van der Waals surface area contributed by atoms with E-state index in [2.05, 4.69) is 0 Å². The summed E-state index contributed by atoms with van der Waals surface area (Å²) < 4.78 is 52.9. The van der Waals surface area contributed by atoms with Gasteiger partial charge in [0.15, 0.2) is 0 Å². The third-order valence-corrected chi connectivity index (χ3v) is 4.30. The first-order chi connectivity index (χ1) is 12.2. The lowest BCUT2D eigenvalue weighted by molar-refractivity contribution is -0.240. The van der Waals surface area contributed by atoms with E-state index in [1.807, 2.05) is 0 Å². The molecular formula is C18H12ClF3O4. The molecule has 0 saturated carbocycles. The van der Waals surface area contributed by atoms with Crippen molar-refractivity contribution >= 4 is 23.6 Å². The molecule has 26 heavy (non-hydrogen) atoms. The van der Waals surface area contributed by atoms with Crippen molar-refractivity contribution in [3.05, 3.63) is 64.2 Å². The molecule has 4 nitrogen and oxygen atoms in total. The molecule has 0 amide bonds. The van der Waals surface area contributed by atoms with E-state index in [0.29, 0.717) is 0 Å². The number of benzene rings is 2. The Morgan fingerprint density at radius 1 is 1.19 bits per heavy atom. The molecule has 1 N–H and O–H groups in total. The highest BCUT2D eigenvalue weighted by Gasteiger charge is 2.64. The summed E-state index contributed by atoms with van der Waals surface area (Å²) in [7, 11) is 1.36. The van der Waals surface area contributed by atoms with Gasteiger partial charge in [0.2, 0.25) is 0 Å². The maximum absolute atomic E-state index is 14.2. The standard InChI is InChI=1S/C18H12ClF3O4/c1-25-13-7-2-10-8-14(16(23)24)17(18(20,21)22,26-15(10)9-13)11-3-5-12(19)6-4-11/h2-9H,1H3,(H,23,24). The number of alkyl halides is 3. The van der Waals surface area contributed by atoms with Gasteiger partial charge in [0.1, 0.15) is 11.5 Å². The van der Waals surface area contributed by atoms with Gasteiger partial charge in [0, 0.05) is 22.2 Å². The number of methoxy groups -OCH3 is 1. The molecule has 136 valence electrons. The molecule has 1 heterocycles. The number of carboxylic acid groups (broad SMARTS) is 1. The first-order valence-corrected chi connectivity index (χ1v) is 7.72. The van der Waals surface area contributed by atoms with Crippen molar-refractivity contribution < 1.29 is 32.5 Å². The van der Waals surface area contributed by atoms with Crippen molar-refractivity contribution in [2.45, 2.75) is 11.8 Å². The highest BCUT2D eigenvalue weighted by Crippen LogP contribution is 2.52. The summed E-state index contributed by atoms with van der Waals surface area (Å²) in [5.41, 5.74) is -4.30. The number of halogens is 4. The van der Waals surface area contributed by atoms with E-state index in [1.54, 1.807) is 0 Å². The maximum atomic E-state index is 14.2. The van der Waals surface area contributed by atoms with Crippen molar-refractivity contribution in [1.82, 2.24) is 0 Å². The normalized spacial score (nSPS) is 19.2. The summed E-state index contributed by atoms with van der Waals surface area (Å²) in [6.45, 7) is 0. The van der Waals surface area contributed by atoms with E-state index < -0.39 is 28.9 Å². The SMILES string of the molecule is COc1ccc2c(c1)OC(c1ccc(Cl)cc1)(C(F)(F)F)C(C(=O)O)=C2. The lowest BCUT2D eigenvalue weighted by Gasteiger charge is -2.39. The molecule has 8 heteroatoms. The number of hydrogen-bond acceptors (Lipinski definition) is 3. The van der Waals surface area contributed by atoms with Gasteiger partial charge in [-0.3, -0.25) is 0 Å². The summed E-state index contributed by atoms with van der Waals surface area (Å²) in [5, 5.41) is 9.69. The number of carboxylic acids is 1. The van der Waals surface area contributed by atoms with Gasteiger partial charge in [-0.2, -0.15) is 13.2 Å². The molecule has 3 rings (SSSR count). The summed E-state index contributed by atoms with van der Waals surface area (Å²) in [4.78, 5) is 11.7. The Labute approximate surface area is 151 Å². The fourth-order valence-electron chi connectivity index (χ4n) is 2.81. The van der Waals surface area contributed by atoms with Gasteiger partial charge in [-0.1, -0.05) is 23.7 Å². The third kappa shape index (κ3) is 2.78. The minimum atomic E-state index is -5.05. The van der Waals surface area contributed by atoms with Crippen molar-refractivity contribution in [2.24, 2.45) is 0 Å². The highest BCUT2D eigenvalue weighted by atomic mass is 35.5. The molecule has 0 fully saturated rings. The zero-order valence-corrected chi connectivity index (χ0v) is 14.1. The number of hydrogen-bond donors (Lipinski definition) is 1. The summed E-state index contributed by atoms with van der Waals surface area (Å²) >= 11 is 5.76. The lowest BCUT2D eigenvalue weighted by Crippen LogP contribution is -2.52. The number of carbonyl (C=O) groups is 1. The van der Waals surface area contributed by atoms with Crippen LogP contribution in [0.15, 0.2) is 48.0 Å². The summed E-state index contributed by atoms with van der Waals surface area (Å²) in [6.07, 6.45) is -4.09. The smallest absolute Gasteiger partial charge is 0.437 e. The second kappa shape index (κ2) is 6.25. The molecular weight excluding hydrogens is 373 g/mol. The first-order valence-electron chi connectivity index (χ1n) is 7.34. The van der Waals surface area contributed by atoms with Crippen LogP contribution in [0.2, 0.25) is 5.02 Å². The molecule has 0 aromatic heterocycles. The van der Waals surface area contributed by atoms with Gasteiger partial charge in [0.25, 0.3) is 5.60 Å². The fraction of sp³-hybridized carbons (Fsp3) is 0.167. The Morgan fingerprint density at radius 3 is 2.38 bits per heavy atom. The van der Waals surface area contributed by atoms with E-state index in [9.17, 15) is 23.1 Å². The molecule has 0 radical (unpaired) electrons. The largest absolute Gasteiger partial charge is 0.497 e. The Balaban J connectivity index is 2.31. The summed E-state index contributed by atoms with van der Waals surface area (Å²) in [6, 6.07) is 8.89. The predicted octanol–water partition coefficient (Wildman–Crippen LogP) is 4.67. The van der Waals surface area contributed by atoms with E-state index in [0.717, 1.165) is 18.2 Å². The van der Waals surface area contributed by atoms with Crippen LogP contribution in [-0.4, -0.2) is 24.4 Å². The minimum Gasteiger partial charge on any atom is -0.497 e. The average molecular weight is 385 g/mol. The molecule has 2 aromatic carbocycles. The molecule has 0 bridgehead atoms. The van der Waals surface area contributed by atoms with Crippen LogP contribution in [0.1, 0.15) is 11.1 Å². The quantitative estimate of drug-likeness (QED) is 0.835. The van der Waals surface area contributed by atoms with Gasteiger partial charge >= 0.3 is 12.1 Å². The third-order valence-electron chi connectivity index (χ3n) is 4.04. The second-order valence-corrected chi connectivity index (χ2v) is 5.99. The summed E-state index contributed by atoms with van der Waals surface area (Å²) in [5.74, 6) is -1.59. The molecule has 0 spiro atoms. The van der Waals surface area contributed by atoms with Crippen molar-refractivity contribution in [2.75, 3.05) is 7.11 Å². The molecule has 1 unspecified atom stereocenters. The monoisotopic (exact) mass is 384 g/mol. The Morgan fingerprint density at radius 2 is 1.85 bits per heavy atom. The van der Waals surface area contributed by atoms with Crippen LogP contribution >= 0.6 is 11.6 Å². The van der Waals surface area contributed by atoms with Crippen molar-refractivity contribution in [3.63, 3.8) is 0 Å². The minimum absolute atomic E-state index is 0.137. The Hall–Kier alpha value is -2.67. The van der Waals surface area contributed by atoms with Crippen LogP contribution in [0.3, 0.4) is 0 Å². The van der Waals surface area contributed by atoms with Crippen LogP contribution < -0.4 is 9.47 Å². The topological polar surface area (TPSA) is 55.8 Å². The molecule has 0 saturated heterocycles. The Bertz CT molecular complexity index is 890. The van der Waals surface area contributed by atoms with E-state index in [-0.39, 0.29) is 22.1 Å². The van der Waals surface area contributed by atoms with E-state index >= 15 is 0 Å². The van der Waals surface area contributed by atoms with Gasteiger partial charge in [-0.25, -0.2) is 4.79 Å². The van der Waals surface area contributed by atoms with Crippen molar-refractivity contribution in [3.8, 4) is 11.5 Å². The van der Waals surface area contributed by atoms with Gasteiger partial charge < -0.3 is 14.6 Å². The molecule has 1 aliphatic rings. The van der Waals surface area contributed by atoms with E-state index in [1.165, 1.54) is 37.4 Å². The second-order valence-electron chi connectivity index (χ2n) is 5.55. The van der Waals surface area contributed by atoms with Crippen LogP contribution in [0.5, 0.6) is 11.5 Å².